The first-order chi connectivity index (χ1) is 10.7. The minimum absolute atomic E-state index is 0.155. The highest BCUT2D eigenvalue weighted by Crippen LogP contribution is 2.19. The zero-order chi connectivity index (χ0) is 15.5. The van der Waals surface area contributed by atoms with Crippen molar-refractivity contribution >= 4 is 12.1 Å². The third kappa shape index (κ3) is 2.87. The Balaban J connectivity index is 1.55. The van der Waals surface area contributed by atoms with Crippen LogP contribution in [0.1, 0.15) is 6.42 Å². The van der Waals surface area contributed by atoms with E-state index in [2.05, 4.69) is 15.5 Å². The van der Waals surface area contributed by atoms with E-state index in [1.54, 1.807) is 17.0 Å². The molecule has 0 saturated carbocycles. The number of urea groups is 2. The summed E-state index contributed by atoms with van der Waals surface area (Å²) in [7, 11) is 1.51. The molecular formula is C13H17N5O4. The molecule has 1 N–H and O–H groups in total. The average molecular weight is 307 g/mol. The standard InChI is InChI=1S/C13H17N5O4/c1-21-10-2-3-11(16-15-10)22-9-4-6-17(8-9)13(20)18-7-5-14-12(18)19/h2-3,9H,4-8H2,1H3,(H,14,19). The van der Waals surface area contributed by atoms with Crippen LogP contribution in [0.3, 0.4) is 0 Å². The summed E-state index contributed by atoms with van der Waals surface area (Å²) < 4.78 is 10.6. The van der Waals surface area contributed by atoms with Crippen molar-refractivity contribution in [3.8, 4) is 11.8 Å². The number of carbonyl (C=O) groups excluding carboxylic acids is 2. The van der Waals surface area contributed by atoms with Crippen LogP contribution in [0.15, 0.2) is 12.1 Å². The molecule has 22 heavy (non-hydrogen) atoms. The van der Waals surface area contributed by atoms with Gasteiger partial charge in [-0.15, -0.1) is 10.2 Å². The third-order valence-corrected chi connectivity index (χ3v) is 3.62. The van der Waals surface area contributed by atoms with E-state index in [1.165, 1.54) is 12.0 Å². The zero-order valence-electron chi connectivity index (χ0n) is 12.2. The summed E-state index contributed by atoms with van der Waals surface area (Å²) >= 11 is 0. The molecule has 1 atom stereocenters. The molecule has 3 rings (SSSR count). The summed E-state index contributed by atoms with van der Waals surface area (Å²) in [6, 6.07) is 2.72. The molecule has 4 amide bonds. The molecule has 0 radical (unpaired) electrons. The van der Waals surface area contributed by atoms with Gasteiger partial charge in [0, 0.05) is 38.2 Å². The number of nitrogens with zero attached hydrogens (tertiary/aromatic N) is 4. The Bertz CT molecular complexity index is 564. The number of aromatic nitrogens is 2. The van der Waals surface area contributed by atoms with E-state index >= 15 is 0 Å². The van der Waals surface area contributed by atoms with Gasteiger partial charge in [-0.3, -0.25) is 0 Å². The number of rotatable bonds is 3. The first-order valence-corrected chi connectivity index (χ1v) is 7.06. The predicted molar refractivity (Wildman–Crippen MR) is 74.7 cm³/mol. The largest absolute Gasteiger partial charge is 0.480 e. The molecule has 9 heteroatoms. The van der Waals surface area contributed by atoms with Crippen molar-refractivity contribution in [3.05, 3.63) is 12.1 Å². The smallest absolute Gasteiger partial charge is 0.328 e. The summed E-state index contributed by atoms with van der Waals surface area (Å²) in [6.45, 7) is 1.89. The van der Waals surface area contributed by atoms with Gasteiger partial charge in [-0.1, -0.05) is 0 Å². The number of imide groups is 1. The van der Waals surface area contributed by atoms with Crippen LogP contribution >= 0.6 is 0 Å². The molecule has 9 nitrogen and oxygen atoms in total. The van der Waals surface area contributed by atoms with E-state index in [1.807, 2.05) is 0 Å². The lowest BCUT2D eigenvalue weighted by molar-refractivity contribution is 0.159. The molecule has 2 fully saturated rings. The van der Waals surface area contributed by atoms with E-state index in [0.29, 0.717) is 44.4 Å². The van der Waals surface area contributed by atoms with Crippen molar-refractivity contribution in [1.82, 2.24) is 25.3 Å². The van der Waals surface area contributed by atoms with Gasteiger partial charge in [-0.2, -0.15) is 0 Å². The van der Waals surface area contributed by atoms with Crippen molar-refractivity contribution in [1.29, 1.82) is 0 Å². The molecule has 1 unspecified atom stereocenters. The van der Waals surface area contributed by atoms with E-state index < -0.39 is 0 Å². The zero-order valence-corrected chi connectivity index (χ0v) is 12.2. The number of amides is 4. The van der Waals surface area contributed by atoms with E-state index in [4.69, 9.17) is 9.47 Å². The van der Waals surface area contributed by atoms with Gasteiger partial charge in [0.15, 0.2) is 0 Å². The molecule has 0 aromatic carbocycles. The number of hydrogen-bond donors (Lipinski definition) is 1. The minimum atomic E-state index is -0.338. The highest BCUT2D eigenvalue weighted by Gasteiger charge is 2.35. The van der Waals surface area contributed by atoms with Crippen molar-refractivity contribution < 1.29 is 19.1 Å². The van der Waals surface area contributed by atoms with Crippen LogP contribution in [0.4, 0.5) is 9.59 Å². The lowest BCUT2D eigenvalue weighted by Crippen LogP contribution is -2.44. The third-order valence-electron chi connectivity index (χ3n) is 3.62. The molecule has 3 heterocycles. The first kappa shape index (κ1) is 14.4. The molecule has 0 spiro atoms. The van der Waals surface area contributed by atoms with Gasteiger partial charge in [0.05, 0.1) is 13.7 Å². The van der Waals surface area contributed by atoms with Gasteiger partial charge < -0.3 is 19.7 Å². The van der Waals surface area contributed by atoms with Crippen LogP contribution in [0.5, 0.6) is 11.8 Å². The molecule has 118 valence electrons. The second-order valence-corrected chi connectivity index (χ2v) is 5.05. The first-order valence-electron chi connectivity index (χ1n) is 7.06. The Kier molecular flexibility index (Phi) is 3.94. The Labute approximate surface area is 127 Å². The van der Waals surface area contributed by atoms with E-state index in [-0.39, 0.29) is 18.2 Å². The SMILES string of the molecule is COc1ccc(OC2CCN(C(=O)N3CCNC3=O)C2)nn1. The number of carbonyl (C=O) groups is 2. The fourth-order valence-corrected chi connectivity index (χ4v) is 2.47. The molecule has 2 aliphatic rings. The molecule has 0 bridgehead atoms. The molecular weight excluding hydrogens is 290 g/mol. The molecule has 2 aliphatic heterocycles. The number of ether oxygens (including phenoxy) is 2. The highest BCUT2D eigenvalue weighted by atomic mass is 16.5. The number of nitrogens with one attached hydrogen (secondary N) is 1. The van der Waals surface area contributed by atoms with Gasteiger partial charge >= 0.3 is 12.1 Å². The van der Waals surface area contributed by atoms with Crippen LogP contribution in [0, 0.1) is 0 Å². The minimum Gasteiger partial charge on any atom is -0.480 e. The second-order valence-electron chi connectivity index (χ2n) is 5.05. The number of methoxy groups -OCH3 is 1. The Hall–Kier alpha value is -2.58. The lowest BCUT2D eigenvalue weighted by Gasteiger charge is -2.21. The fourth-order valence-electron chi connectivity index (χ4n) is 2.47. The Morgan fingerprint density at radius 3 is 2.73 bits per heavy atom. The van der Waals surface area contributed by atoms with E-state index in [9.17, 15) is 9.59 Å². The van der Waals surface area contributed by atoms with Crippen molar-refractivity contribution in [2.75, 3.05) is 33.3 Å². The van der Waals surface area contributed by atoms with Gasteiger partial charge in [-0.25, -0.2) is 14.5 Å². The van der Waals surface area contributed by atoms with Gasteiger partial charge in [0.1, 0.15) is 6.10 Å². The maximum atomic E-state index is 12.2. The van der Waals surface area contributed by atoms with Crippen molar-refractivity contribution in [3.63, 3.8) is 0 Å². The molecule has 1 aromatic heterocycles. The lowest BCUT2D eigenvalue weighted by atomic mass is 10.3. The summed E-state index contributed by atoms with van der Waals surface area (Å²) in [5.41, 5.74) is 0. The van der Waals surface area contributed by atoms with Crippen LogP contribution < -0.4 is 14.8 Å². The normalized spacial score (nSPS) is 21.0. The van der Waals surface area contributed by atoms with Crippen LogP contribution in [-0.2, 0) is 0 Å². The quantitative estimate of drug-likeness (QED) is 0.849. The molecule has 1 aromatic rings. The molecule has 2 saturated heterocycles. The maximum Gasteiger partial charge on any atom is 0.328 e. The predicted octanol–water partition coefficient (Wildman–Crippen LogP) is 0.0835. The van der Waals surface area contributed by atoms with Gasteiger partial charge in [0.25, 0.3) is 0 Å². The van der Waals surface area contributed by atoms with E-state index in [0.717, 1.165) is 0 Å². The number of hydrogen-bond acceptors (Lipinski definition) is 6. The second kappa shape index (κ2) is 6.04. The Morgan fingerprint density at radius 2 is 2.09 bits per heavy atom. The summed E-state index contributed by atoms with van der Waals surface area (Å²) in [5.74, 6) is 0.801. The summed E-state index contributed by atoms with van der Waals surface area (Å²) in [6.07, 6.45) is 0.534. The number of likely N-dealkylation sites (tertiary alicyclic amines) is 1. The van der Waals surface area contributed by atoms with Crippen molar-refractivity contribution in [2.45, 2.75) is 12.5 Å². The maximum absolute atomic E-state index is 12.2. The van der Waals surface area contributed by atoms with Crippen LogP contribution in [-0.4, -0.2) is 71.5 Å². The van der Waals surface area contributed by atoms with Gasteiger partial charge in [-0.05, 0) is 0 Å². The monoisotopic (exact) mass is 307 g/mol. The topological polar surface area (TPSA) is 96.9 Å². The van der Waals surface area contributed by atoms with Crippen LogP contribution in [0.25, 0.3) is 0 Å². The highest BCUT2D eigenvalue weighted by molar-refractivity contribution is 5.95. The van der Waals surface area contributed by atoms with Gasteiger partial charge in [0.2, 0.25) is 11.8 Å². The Morgan fingerprint density at radius 1 is 1.32 bits per heavy atom. The molecule has 0 aliphatic carbocycles. The fraction of sp³-hybridized carbons (Fsp3) is 0.538. The summed E-state index contributed by atoms with van der Waals surface area (Å²) in [5, 5.41) is 10.3. The van der Waals surface area contributed by atoms with Crippen molar-refractivity contribution in [2.24, 2.45) is 0 Å². The van der Waals surface area contributed by atoms with Crippen LogP contribution in [0.2, 0.25) is 0 Å². The summed E-state index contributed by atoms with van der Waals surface area (Å²) in [4.78, 5) is 26.6. The average Bonchev–Trinajstić information content (AvgIpc) is 3.16.